The zero-order chi connectivity index (χ0) is 13.0. The first kappa shape index (κ1) is 13.1. The van der Waals surface area contributed by atoms with E-state index in [0.29, 0.717) is 16.8 Å². The molecule has 0 saturated heterocycles. The molecule has 0 aliphatic rings. The van der Waals surface area contributed by atoms with E-state index in [1.807, 2.05) is 36.4 Å². The summed E-state index contributed by atoms with van der Waals surface area (Å²) in [6, 6.07) is 11.6. The number of aromatic nitrogens is 1. The molecule has 1 aromatic carbocycles. The van der Waals surface area contributed by atoms with E-state index < -0.39 is 0 Å². The van der Waals surface area contributed by atoms with Crippen LogP contribution in [0.5, 0.6) is 5.75 Å². The van der Waals surface area contributed by atoms with E-state index >= 15 is 0 Å². The maximum Gasteiger partial charge on any atom is 0.134 e. The summed E-state index contributed by atoms with van der Waals surface area (Å²) in [5.41, 5.74) is 1.86. The number of hydrogen-bond acceptors (Lipinski definition) is 3. The number of nitrogens with zero attached hydrogens (tertiary/aromatic N) is 1. The second-order valence-corrected chi connectivity index (χ2v) is 4.96. The Morgan fingerprint density at radius 2 is 2.11 bits per heavy atom. The van der Waals surface area contributed by atoms with Gasteiger partial charge in [0.1, 0.15) is 5.75 Å². The molecule has 0 radical (unpaired) electrons. The van der Waals surface area contributed by atoms with Crippen LogP contribution in [-0.2, 0) is 6.54 Å². The molecule has 2 rings (SSSR count). The summed E-state index contributed by atoms with van der Waals surface area (Å²) in [5, 5.41) is 13.2. The van der Waals surface area contributed by atoms with Gasteiger partial charge >= 0.3 is 0 Å². The molecule has 0 saturated carbocycles. The van der Waals surface area contributed by atoms with Crippen molar-refractivity contribution in [1.29, 1.82) is 0 Å². The molecular formula is C14H15BrN2O. The summed E-state index contributed by atoms with van der Waals surface area (Å²) in [6.07, 6.45) is 1.78. The lowest BCUT2D eigenvalue weighted by molar-refractivity contribution is 0.456. The predicted octanol–water partition coefficient (Wildman–Crippen LogP) is 3.40. The molecule has 18 heavy (non-hydrogen) atoms. The van der Waals surface area contributed by atoms with Crippen LogP contribution in [0.15, 0.2) is 47.1 Å². The molecule has 0 aliphatic heterocycles. The van der Waals surface area contributed by atoms with Crippen LogP contribution in [0.4, 0.5) is 0 Å². The fraction of sp³-hybridized carbons (Fsp3) is 0.214. The van der Waals surface area contributed by atoms with E-state index in [-0.39, 0.29) is 6.04 Å². The van der Waals surface area contributed by atoms with Crippen molar-refractivity contribution in [2.45, 2.75) is 19.5 Å². The molecular weight excluding hydrogens is 292 g/mol. The number of hydrogen-bond donors (Lipinski definition) is 2. The Kier molecular flexibility index (Phi) is 4.33. The van der Waals surface area contributed by atoms with E-state index in [9.17, 15) is 5.11 Å². The maximum atomic E-state index is 9.88. The first-order chi connectivity index (χ1) is 8.68. The number of nitrogens with one attached hydrogen (secondary N) is 1. The lowest BCUT2D eigenvalue weighted by Gasteiger charge is -2.14. The average molecular weight is 307 g/mol. The van der Waals surface area contributed by atoms with E-state index in [4.69, 9.17) is 0 Å². The van der Waals surface area contributed by atoms with Crippen LogP contribution in [0, 0.1) is 0 Å². The average Bonchev–Trinajstić information content (AvgIpc) is 2.41. The minimum Gasteiger partial charge on any atom is -0.506 e. The number of benzene rings is 1. The molecule has 0 fully saturated rings. The van der Waals surface area contributed by atoms with Crippen LogP contribution in [0.25, 0.3) is 0 Å². The van der Waals surface area contributed by atoms with Gasteiger partial charge in [0.05, 0.1) is 10.2 Å². The second-order valence-electron chi connectivity index (χ2n) is 4.10. The van der Waals surface area contributed by atoms with Gasteiger partial charge in [0.2, 0.25) is 0 Å². The quantitative estimate of drug-likeness (QED) is 0.910. The highest BCUT2D eigenvalue weighted by Crippen LogP contribution is 2.27. The van der Waals surface area contributed by atoms with Crippen molar-refractivity contribution < 1.29 is 5.11 Å². The SMILES string of the molecule is C[C@@H](NCc1cccc(Br)c1O)c1ccccn1. The van der Waals surface area contributed by atoms with Crippen LogP contribution in [-0.4, -0.2) is 10.1 Å². The second kappa shape index (κ2) is 5.98. The van der Waals surface area contributed by atoms with Gasteiger partial charge in [-0.15, -0.1) is 0 Å². The Morgan fingerprint density at radius 3 is 2.83 bits per heavy atom. The molecule has 1 aromatic heterocycles. The molecule has 0 aliphatic carbocycles. The number of phenolic OH excluding ortho intramolecular Hbond substituents is 1. The van der Waals surface area contributed by atoms with Gasteiger partial charge < -0.3 is 10.4 Å². The highest BCUT2D eigenvalue weighted by atomic mass is 79.9. The van der Waals surface area contributed by atoms with Gasteiger partial charge in [0.25, 0.3) is 0 Å². The van der Waals surface area contributed by atoms with Crippen molar-refractivity contribution in [2.75, 3.05) is 0 Å². The molecule has 3 nitrogen and oxygen atoms in total. The first-order valence-corrected chi connectivity index (χ1v) is 6.58. The minimum atomic E-state index is 0.143. The topological polar surface area (TPSA) is 45.1 Å². The zero-order valence-electron chi connectivity index (χ0n) is 10.1. The Labute approximate surface area is 115 Å². The Balaban J connectivity index is 2.02. The van der Waals surface area contributed by atoms with Crippen molar-refractivity contribution in [3.63, 3.8) is 0 Å². The number of phenols is 1. The standard InChI is InChI=1S/C14H15BrN2O/c1-10(13-7-2-3-8-16-13)17-9-11-5-4-6-12(15)14(11)18/h2-8,10,17-18H,9H2,1H3/t10-/m1/s1. The van der Waals surface area contributed by atoms with Crippen LogP contribution < -0.4 is 5.32 Å². The van der Waals surface area contributed by atoms with Crippen LogP contribution in [0.2, 0.25) is 0 Å². The van der Waals surface area contributed by atoms with Gasteiger partial charge in [0, 0.05) is 24.3 Å². The number of para-hydroxylation sites is 1. The normalized spacial score (nSPS) is 12.3. The van der Waals surface area contributed by atoms with Crippen molar-refractivity contribution >= 4 is 15.9 Å². The van der Waals surface area contributed by atoms with E-state index in [1.165, 1.54) is 0 Å². The van der Waals surface area contributed by atoms with Gasteiger partial charge in [-0.2, -0.15) is 0 Å². The monoisotopic (exact) mass is 306 g/mol. The third-order valence-corrected chi connectivity index (χ3v) is 3.44. The van der Waals surface area contributed by atoms with Crippen molar-refractivity contribution in [3.8, 4) is 5.75 Å². The fourth-order valence-electron chi connectivity index (χ4n) is 1.70. The number of aromatic hydroxyl groups is 1. The van der Waals surface area contributed by atoms with Gasteiger partial charge in [-0.3, -0.25) is 4.98 Å². The summed E-state index contributed by atoms with van der Waals surface area (Å²) in [6.45, 7) is 2.65. The Hall–Kier alpha value is -1.39. The van der Waals surface area contributed by atoms with Gasteiger partial charge in [-0.1, -0.05) is 18.2 Å². The smallest absolute Gasteiger partial charge is 0.134 e. The third kappa shape index (κ3) is 3.09. The molecule has 0 bridgehead atoms. The number of pyridine rings is 1. The van der Waals surface area contributed by atoms with Crippen LogP contribution >= 0.6 is 15.9 Å². The molecule has 2 N–H and O–H groups in total. The Bertz CT molecular complexity index is 516. The fourth-order valence-corrected chi connectivity index (χ4v) is 2.11. The molecule has 2 aromatic rings. The highest BCUT2D eigenvalue weighted by Gasteiger charge is 2.08. The zero-order valence-corrected chi connectivity index (χ0v) is 11.7. The molecule has 4 heteroatoms. The molecule has 1 heterocycles. The molecule has 0 unspecified atom stereocenters. The summed E-state index contributed by atoms with van der Waals surface area (Å²) < 4.78 is 0.715. The summed E-state index contributed by atoms with van der Waals surface area (Å²) in [7, 11) is 0. The molecule has 0 amide bonds. The summed E-state index contributed by atoms with van der Waals surface area (Å²) in [4.78, 5) is 4.30. The van der Waals surface area contributed by atoms with Crippen molar-refractivity contribution in [3.05, 3.63) is 58.3 Å². The van der Waals surface area contributed by atoms with Gasteiger partial charge in [0.15, 0.2) is 0 Å². The molecule has 1 atom stereocenters. The summed E-state index contributed by atoms with van der Waals surface area (Å²) >= 11 is 3.31. The third-order valence-electron chi connectivity index (χ3n) is 2.80. The van der Waals surface area contributed by atoms with E-state index in [0.717, 1.165) is 11.3 Å². The lowest BCUT2D eigenvalue weighted by Crippen LogP contribution is -2.19. The number of halogens is 1. The van der Waals surface area contributed by atoms with Crippen molar-refractivity contribution in [2.24, 2.45) is 0 Å². The van der Waals surface area contributed by atoms with Gasteiger partial charge in [-0.05, 0) is 41.1 Å². The van der Waals surface area contributed by atoms with Crippen molar-refractivity contribution in [1.82, 2.24) is 10.3 Å². The van der Waals surface area contributed by atoms with Crippen LogP contribution in [0.1, 0.15) is 24.2 Å². The Morgan fingerprint density at radius 1 is 1.28 bits per heavy atom. The minimum absolute atomic E-state index is 0.143. The lowest BCUT2D eigenvalue weighted by atomic mass is 10.1. The van der Waals surface area contributed by atoms with E-state index in [1.54, 1.807) is 6.20 Å². The number of rotatable bonds is 4. The predicted molar refractivity (Wildman–Crippen MR) is 75.3 cm³/mol. The van der Waals surface area contributed by atoms with E-state index in [2.05, 4.69) is 33.2 Å². The van der Waals surface area contributed by atoms with Crippen LogP contribution in [0.3, 0.4) is 0 Å². The maximum absolute atomic E-state index is 9.88. The molecule has 0 spiro atoms. The molecule has 94 valence electrons. The van der Waals surface area contributed by atoms with Gasteiger partial charge in [-0.25, -0.2) is 0 Å². The summed E-state index contributed by atoms with van der Waals surface area (Å²) in [5.74, 6) is 0.290. The first-order valence-electron chi connectivity index (χ1n) is 5.79. The highest BCUT2D eigenvalue weighted by molar-refractivity contribution is 9.10. The largest absolute Gasteiger partial charge is 0.506 e.